The summed E-state index contributed by atoms with van der Waals surface area (Å²) in [7, 11) is 0. The molecule has 170 valence electrons. The summed E-state index contributed by atoms with van der Waals surface area (Å²) in [5.74, 6) is 0.363. The van der Waals surface area contributed by atoms with E-state index in [0.717, 1.165) is 54.3 Å². The number of pyridine rings is 1. The zero-order valence-corrected chi connectivity index (χ0v) is 18.6. The molecule has 1 amide bonds. The van der Waals surface area contributed by atoms with Crippen molar-refractivity contribution in [2.24, 2.45) is 0 Å². The molecule has 10 heteroatoms. The average molecular weight is 467 g/mol. The number of hydrogen-bond acceptors (Lipinski definition) is 8. The second-order valence-electron chi connectivity index (χ2n) is 8.07. The first-order valence-electron chi connectivity index (χ1n) is 10.8. The molecule has 0 aliphatic carbocycles. The van der Waals surface area contributed by atoms with Gasteiger partial charge in [-0.2, -0.15) is 0 Å². The third kappa shape index (κ3) is 5.13. The van der Waals surface area contributed by atoms with E-state index in [0.29, 0.717) is 23.1 Å². The SMILES string of the molecule is O=C1NC(O)C(=Cc2ccnc(N3CCCC(NCc4ccc5cc(F)ccc5n4)C3)n2)S1. The number of amides is 1. The van der Waals surface area contributed by atoms with Crippen LogP contribution >= 0.6 is 11.8 Å². The number of anilines is 1. The van der Waals surface area contributed by atoms with Gasteiger partial charge >= 0.3 is 0 Å². The van der Waals surface area contributed by atoms with Gasteiger partial charge in [-0.15, -0.1) is 0 Å². The third-order valence-corrected chi connectivity index (χ3v) is 6.55. The molecule has 8 nitrogen and oxygen atoms in total. The van der Waals surface area contributed by atoms with E-state index in [-0.39, 0.29) is 17.1 Å². The Labute approximate surface area is 194 Å². The van der Waals surface area contributed by atoms with Crippen LogP contribution in [0.2, 0.25) is 0 Å². The fourth-order valence-corrected chi connectivity index (χ4v) is 4.77. The van der Waals surface area contributed by atoms with Crippen molar-refractivity contribution in [3.8, 4) is 0 Å². The fourth-order valence-electron chi connectivity index (χ4n) is 4.04. The van der Waals surface area contributed by atoms with Gasteiger partial charge in [0.25, 0.3) is 5.24 Å². The van der Waals surface area contributed by atoms with Crippen LogP contribution in [0.3, 0.4) is 0 Å². The summed E-state index contributed by atoms with van der Waals surface area (Å²) in [6.07, 6.45) is 4.44. The lowest BCUT2D eigenvalue weighted by molar-refractivity contribution is 0.192. The molecule has 5 rings (SSSR count). The van der Waals surface area contributed by atoms with E-state index >= 15 is 0 Å². The van der Waals surface area contributed by atoms with Gasteiger partial charge in [0, 0.05) is 42.2 Å². The summed E-state index contributed by atoms with van der Waals surface area (Å²) in [4.78, 5) is 27.8. The minimum atomic E-state index is -0.993. The number of rotatable bonds is 5. The Kier molecular flexibility index (Phi) is 6.21. The number of benzene rings is 1. The van der Waals surface area contributed by atoms with Crippen molar-refractivity contribution in [1.29, 1.82) is 0 Å². The van der Waals surface area contributed by atoms with Crippen LogP contribution in [0, 0.1) is 5.82 Å². The molecule has 2 aromatic heterocycles. The van der Waals surface area contributed by atoms with Crippen molar-refractivity contribution in [2.75, 3.05) is 18.0 Å². The van der Waals surface area contributed by atoms with E-state index in [9.17, 15) is 14.3 Å². The molecule has 33 heavy (non-hydrogen) atoms. The molecule has 2 unspecified atom stereocenters. The molecule has 3 aromatic rings. The topological polar surface area (TPSA) is 103 Å². The van der Waals surface area contributed by atoms with Gasteiger partial charge in [0.1, 0.15) is 5.82 Å². The van der Waals surface area contributed by atoms with Gasteiger partial charge in [-0.1, -0.05) is 6.07 Å². The predicted octanol–water partition coefficient (Wildman–Crippen LogP) is 3.04. The number of halogens is 1. The summed E-state index contributed by atoms with van der Waals surface area (Å²) in [6.45, 7) is 2.24. The Hall–Kier alpha value is -3.08. The summed E-state index contributed by atoms with van der Waals surface area (Å²) in [6, 6.07) is 10.4. The highest BCUT2D eigenvalue weighted by atomic mass is 32.2. The van der Waals surface area contributed by atoms with E-state index in [1.54, 1.807) is 24.4 Å². The highest BCUT2D eigenvalue weighted by Crippen LogP contribution is 2.28. The van der Waals surface area contributed by atoms with Gasteiger partial charge in [-0.3, -0.25) is 9.78 Å². The number of carbonyl (C=O) groups is 1. The molecule has 2 saturated heterocycles. The molecule has 1 aromatic carbocycles. The molecular weight excluding hydrogens is 443 g/mol. The Bertz CT molecular complexity index is 1220. The third-order valence-electron chi connectivity index (χ3n) is 5.67. The minimum Gasteiger partial charge on any atom is -0.369 e. The van der Waals surface area contributed by atoms with E-state index in [1.807, 2.05) is 12.1 Å². The first-order valence-corrected chi connectivity index (χ1v) is 11.6. The van der Waals surface area contributed by atoms with Crippen LogP contribution in [0.15, 0.2) is 47.5 Å². The van der Waals surface area contributed by atoms with Crippen LogP contribution in [0.4, 0.5) is 15.1 Å². The number of nitrogens with zero attached hydrogens (tertiary/aromatic N) is 4. The predicted molar refractivity (Wildman–Crippen MR) is 126 cm³/mol. The largest absolute Gasteiger partial charge is 0.369 e. The van der Waals surface area contributed by atoms with Gasteiger partial charge < -0.3 is 20.6 Å². The van der Waals surface area contributed by atoms with E-state index in [1.165, 1.54) is 12.1 Å². The number of hydrogen-bond donors (Lipinski definition) is 3. The Morgan fingerprint density at radius 2 is 2.18 bits per heavy atom. The number of nitrogens with one attached hydrogen (secondary N) is 2. The highest BCUT2D eigenvalue weighted by molar-refractivity contribution is 8.17. The van der Waals surface area contributed by atoms with Crippen LogP contribution in [-0.4, -0.2) is 50.7 Å². The standard InChI is InChI=1S/C23H23FN6O2S/c24-15-4-6-19-14(10-15)3-5-17(27-19)12-26-18-2-1-9-30(13-18)22-25-8-7-16(28-22)11-20-21(31)29-23(32)33-20/h3-8,10-11,18,21,26,31H,1-2,9,12-13H2,(H,29,32). The quantitative estimate of drug-likeness (QED) is 0.527. The number of aromatic nitrogens is 3. The van der Waals surface area contributed by atoms with Gasteiger partial charge in [-0.05, 0) is 61.0 Å². The fraction of sp³-hybridized carbons (Fsp3) is 0.304. The van der Waals surface area contributed by atoms with Crippen molar-refractivity contribution < 1.29 is 14.3 Å². The number of carbonyl (C=O) groups excluding carboxylic acids is 1. The Morgan fingerprint density at radius 3 is 3.03 bits per heavy atom. The van der Waals surface area contributed by atoms with Crippen molar-refractivity contribution in [3.63, 3.8) is 0 Å². The van der Waals surface area contributed by atoms with Gasteiger partial charge in [0.15, 0.2) is 6.23 Å². The Morgan fingerprint density at radius 1 is 1.27 bits per heavy atom. The molecular formula is C23H23FN6O2S. The molecule has 0 spiro atoms. The van der Waals surface area contributed by atoms with E-state index in [2.05, 4.69) is 30.5 Å². The maximum atomic E-state index is 13.4. The summed E-state index contributed by atoms with van der Waals surface area (Å²) in [5.41, 5.74) is 2.33. The molecule has 0 radical (unpaired) electrons. The second-order valence-corrected chi connectivity index (χ2v) is 9.12. The number of fused-ring (bicyclic) bond motifs is 1. The minimum absolute atomic E-state index is 0.254. The van der Waals surface area contributed by atoms with Crippen molar-refractivity contribution in [1.82, 2.24) is 25.6 Å². The summed E-state index contributed by atoms with van der Waals surface area (Å²) >= 11 is 0.969. The number of aliphatic hydroxyl groups is 1. The number of aliphatic hydroxyl groups excluding tert-OH is 1. The maximum absolute atomic E-state index is 13.4. The molecule has 4 heterocycles. The second kappa shape index (κ2) is 9.42. The zero-order chi connectivity index (χ0) is 22.8. The monoisotopic (exact) mass is 466 g/mol. The first kappa shape index (κ1) is 21.7. The lowest BCUT2D eigenvalue weighted by Crippen LogP contribution is -2.46. The molecule has 0 saturated carbocycles. The molecule has 2 atom stereocenters. The van der Waals surface area contributed by atoms with Crippen molar-refractivity contribution in [2.45, 2.75) is 31.7 Å². The molecule has 2 aliphatic heterocycles. The number of thioether (sulfide) groups is 1. The normalized spacial score (nSPS) is 22.2. The molecule has 2 fully saturated rings. The molecule has 3 N–H and O–H groups in total. The Balaban J connectivity index is 1.23. The zero-order valence-electron chi connectivity index (χ0n) is 17.7. The van der Waals surface area contributed by atoms with Crippen LogP contribution in [-0.2, 0) is 6.54 Å². The van der Waals surface area contributed by atoms with Crippen molar-refractivity contribution >= 4 is 39.9 Å². The molecule has 0 bridgehead atoms. The lowest BCUT2D eigenvalue weighted by Gasteiger charge is -2.33. The van der Waals surface area contributed by atoms with Crippen LogP contribution in [0.25, 0.3) is 17.0 Å². The van der Waals surface area contributed by atoms with E-state index < -0.39 is 6.23 Å². The molecule has 2 aliphatic rings. The van der Waals surface area contributed by atoms with Gasteiger partial charge in [-0.25, -0.2) is 14.4 Å². The van der Waals surface area contributed by atoms with Crippen molar-refractivity contribution in [3.05, 3.63) is 64.7 Å². The first-order chi connectivity index (χ1) is 16.0. The van der Waals surface area contributed by atoms with Crippen LogP contribution < -0.4 is 15.5 Å². The highest BCUT2D eigenvalue weighted by Gasteiger charge is 2.26. The summed E-state index contributed by atoms with van der Waals surface area (Å²) < 4.78 is 13.4. The van der Waals surface area contributed by atoms with Crippen LogP contribution in [0.5, 0.6) is 0 Å². The average Bonchev–Trinajstić information content (AvgIpc) is 3.14. The van der Waals surface area contributed by atoms with Gasteiger partial charge in [0.2, 0.25) is 5.95 Å². The van der Waals surface area contributed by atoms with Gasteiger partial charge in [0.05, 0.1) is 16.9 Å². The lowest BCUT2D eigenvalue weighted by atomic mass is 10.1. The number of piperidine rings is 1. The van der Waals surface area contributed by atoms with E-state index in [4.69, 9.17) is 0 Å². The maximum Gasteiger partial charge on any atom is 0.285 e. The summed E-state index contributed by atoms with van der Waals surface area (Å²) in [5, 5.41) is 16.4. The van der Waals surface area contributed by atoms with Crippen LogP contribution in [0.1, 0.15) is 24.2 Å². The smallest absolute Gasteiger partial charge is 0.285 e.